The fourth-order valence-corrected chi connectivity index (χ4v) is 3.02. The number of aryl methyl sites for hydroxylation is 1. The van der Waals surface area contributed by atoms with Crippen LogP contribution < -0.4 is 5.32 Å². The number of nitrogens with one attached hydrogen (secondary N) is 1. The molecule has 1 fully saturated rings. The van der Waals surface area contributed by atoms with Crippen molar-refractivity contribution in [3.63, 3.8) is 0 Å². The van der Waals surface area contributed by atoms with Gasteiger partial charge in [-0.05, 0) is 18.6 Å². The summed E-state index contributed by atoms with van der Waals surface area (Å²) in [6.45, 7) is 1.65. The SMILES string of the molecule is Cc1cc(F)c(NC(=O)N2CCSCC2C(=O)O)cc1F. The lowest BCUT2D eigenvalue weighted by Crippen LogP contribution is -2.51. The summed E-state index contributed by atoms with van der Waals surface area (Å²) < 4.78 is 27.1. The number of thioether (sulfide) groups is 1. The van der Waals surface area contributed by atoms with Gasteiger partial charge in [-0.25, -0.2) is 18.4 Å². The number of urea groups is 1. The summed E-state index contributed by atoms with van der Waals surface area (Å²) in [7, 11) is 0. The van der Waals surface area contributed by atoms with Gasteiger partial charge in [0.25, 0.3) is 0 Å². The highest BCUT2D eigenvalue weighted by atomic mass is 32.2. The highest BCUT2D eigenvalue weighted by Gasteiger charge is 2.32. The summed E-state index contributed by atoms with van der Waals surface area (Å²) in [5.74, 6) is -1.65. The highest BCUT2D eigenvalue weighted by Crippen LogP contribution is 2.21. The number of rotatable bonds is 2. The van der Waals surface area contributed by atoms with E-state index in [4.69, 9.17) is 5.11 Å². The van der Waals surface area contributed by atoms with Crippen LogP contribution in [0.3, 0.4) is 0 Å². The third-order valence-electron chi connectivity index (χ3n) is 3.16. The zero-order valence-electron chi connectivity index (χ0n) is 11.2. The molecule has 0 aromatic heterocycles. The van der Waals surface area contributed by atoms with Crippen molar-refractivity contribution in [2.45, 2.75) is 13.0 Å². The predicted octanol–water partition coefficient (Wildman–Crippen LogP) is 2.31. The number of carbonyl (C=O) groups is 2. The quantitative estimate of drug-likeness (QED) is 0.878. The monoisotopic (exact) mass is 316 g/mol. The number of carbonyl (C=O) groups excluding carboxylic acids is 1. The first kappa shape index (κ1) is 15.6. The van der Waals surface area contributed by atoms with Crippen molar-refractivity contribution in [2.75, 3.05) is 23.4 Å². The molecule has 1 saturated heterocycles. The molecule has 114 valence electrons. The molecule has 21 heavy (non-hydrogen) atoms. The lowest BCUT2D eigenvalue weighted by Gasteiger charge is -2.32. The minimum absolute atomic E-state index is 0.128. The summed E-state index contributed by atoms with van der Waals surface area (Å²) in [5, 5.41) is 11.3. The number of hydrogen-bond acceptors (Lipinski definition) is 3. The Morgan fingerprint density at radius 3 is 2.76 bits per heavy atom. The smallest absolute Gasteiger partial charge is 0.327 e. The molecular formula is C13H14F2N2O3S. The van der Waals surface area contributed by atoms with E-state index in [0.717, 1.165) is 17.0 Å². The third-order valence-corrected chi connectivity index (χ3v) is 4.19. The predicted molar refractivity (Wildman–Crippen MR) is 75.6 cm³/mol. The number of amides is 2. The van der Waals surface area contributed by atoms with E-state index < -0.39 is 29.7 Å². The van der Waals surface area contributed by atoms with Crippen molar-refractivity contribution in [3.8, 4) is 0 Å². The summed E-state index contributed by atoms with van der Waals surface area (Å²) in [5.41, 5.74) is -0.172. The van der Waals surface area contributed by atoms with Crippen molar-refractivity contribution < 1.29 is 23.5 Å². The maximum absolute atomic E-state index is 13.7. The Balaban J connectivity index is 2.17. The van der Waals surface area contributed by atoms with Gasteiger partial charge in [-0.1, -0.05) is 0 Å². The van der Waals surface area contributed by atoms with Crippen molar-refractivity contribution in [2.24, 2.45) is 0 Å². The van der Waals surface area contributed by atoms with Crippen LogP contribution in [0.4, 0.5) is 19.3 Å². The molecule has 1 unspecified atom stereocenters. The van der Waals surface area contributed by atoms with E-state index in [1.807, 2.05) is 0 Å². The van der Waals surface area contributed by atoms with E-state index in [2.05, 4.69) is 5.32 Å². The van der Waals surface area contributed by atoms with Crippen LogP contribution >= 0.6 is 11.8 Å². The van der Waals surface area contributed by atoms with Crippen molar-refractivity contribution in [1.82, 2.24) is 4.90 Å². The Morgan fingerprint density at radius 2 is 2.10 bits per heavy atom. The first-order chi connectivity index (χ1) is 9.90. The van der Waals surface area contributed by atoms with Crippen LogP contribution in [0.1, 0.15) is 5.56 Å². The number of benzene rings is 1. The highest BCUT2D eigenvalue weighted by molar-refractivity contribution is 7.99. The van der Waals surface area contributed by atoms with Gasteiger partial charge >= 0.3 is 12.0 Å². The average molecular weight is 316 g/mol. The molecule has 8 heteroatoms. The molecule has 0 aliphatic carbocycles. The Labute approximate surface area is 124 Å². The van der Waals surface area contributed by atoms with Gasteiger partial charge < -0.3 is 15.3 Å². The minimum Gasteiger partial charge on any atom is -0.480 e. The maximum atomic E-state index is 13.7. The van der Waals surface area contributed by atoms with E-state index in [-0.39, 0.29) is 23.5 Å². The summed E-state index contributed by atoms with van der Waals surface area (Å²) >= 11 is 1.43. The molecule has 1 aromatic rings. The molecule has 0 spiro atoms. The fraction of sp³-hybridized carbons (Fsp3) is 0.385. The van der Waals surface area contributed by atoms with Gasteiger partial charge in [-0.15, -0.1) is 0 Å². The first-order valence-electron chi connectivity index (χ1n) is 6.24. The molecule has 1 aliphatic rings. The first-order valence-corrected chi connectivity index (χ1v) is 7.39. The van der Waals surface area contributed by atoms with Crippen molar-refractivity contribution >= 4 is 29.4 Å². The molecule has 0 saturated carbocycles. The van der Waals surface area contributed by atoms with Crippen LogP contribution in [0.5, 0.6) is 0 Å². The number of carboxylic acids is 1. The van der Waals surface area contributed by atoms with Crippen LogP contribution in [-0.4, -0.2) is 46.1 Å². The number of nitrogens with zero attached hydrogens (tertiary/aromatic N) is 1. The minimum atomic E-state index is -1.12. The number of hydrogen-bond donors (Lipinski definition) is 2. The Kier molecular flexibility index (Phi) is 4.66. The van der Waals surface area contributed by atoms with E-state index in [1.165, 1.54) is 18.7 Å². The second-order valence-electron chi connectivity index (χ2n) is 4.63. The van der Waals surface area contributed by atoms with Gasteiger partial charge in [0, 0.05) is 24.1 Å². The second-order valence-corrected chi connectivity index (χ2v) is 5.78. The van der Waals surface area contributed by atoms with Gasteiger partial charge in [-0.3, -0.25) is 0 Å². The lowest BCUT2D eigenvalue weighted by atomic mass is 10.2. The Bertz CT molecular complexity index is 583. The molecule has 5 nitrogen and oxygen atoms in total. The topological polar surface area (TPSA) is 69.6 Å². The molecular weight excluding hydrogens is 302 g/mol. The average Bonchev–Trinajstić information content (AvgIpc) is 2.44. The summed E-state index contributed by atoms with van der Waals surface area (Å²) in [4.78, 5) is 24.3. The van der Waals surface area contributed by atoms with Crippen molar-refractivity contribution in [1.29, 1.82) is 0 Å². The maximum Gasteiger partial charge on any atom is 0.327 e. The molecule has 1 heterocycles. The zero-order chi connectivity index (χ0) is 15.6. The number of anilines is 1. The summed E-state index contributed by atoms with van der Waals surface area (Å²) in [6, 6.07) is 0.148. The molecule has 1 atom stereocenters. The van der Waals surface area contributed by atoms with Crippen LogP contribution in [0, 0.1) is 18.6 Å². The zero-order valence-corrected chi connectivity index (χ0v) is 12.0. The Morgan fingerprint density at radius 1 is 1.38 bits per heavy atom. The van der Waals surface area contributed by atoms with Gasteiger partial charge in [0.15, 0.2) is 0 Å². The number of halogens is 2. The van der Waals surface area contributed by atoms with Gasteiger partial charge in [-0.2, -0.15) is 11.8 Å². The molecule has 0 bridgehead atoms. The summed E-state index contributed by atoms with van der Waals surface area (Å²) in [6.07, 6.45) is 0. The van der Waals surface area contributed by atoms with E-state index >= 15 is 0 Å². The van der Waals surface area contributed by atoms with Crippen molar-refractivity contribution in [3.05, 3.63) is 29.3 Å². The number of carboxylic acid groups (broad SMARTS) is 1. The molecule has 2 rings (SSSR count). The second kappa shape index (κ2) is 6.30. The van der Waals surface area contributed by atoms with E-state index in [9.17, 15) is 18.4 Å². The normalized spacial score (nSPS) is 18.4. The van der Waals surface area contributed by atoms with Crippen LogP contribution in [0.2, 0.25) is 0 Å². The number of aliphatic carboxylic acids is 1. The van der Waals surface area contributed by atoms with Crippen LogP contribution in [0.25, 0.3) is 0 Å². The fourth-order valence-electron chi connectivity index (χ4n) is 1.98. The Hall–Kier alpha value is -1.83. The van der Waals surface area contributed by atoms with Gasteiger partial charge in [0.1, 0.15) is 17.7 Å². The van der Waals surface area contributed by atoms with E-state index in [0.29, 0.717) is 5.75 Å². The van der Waals surface area contributed by atoms with Crippen LogP contribution in [-0.2, 0) is 4.79 Å². The molecule has 1 aliphatic heterocycles. The molecule has 2 N–H and O–H groups in total. The third kappa shape index (κ3) is 3.44. The van der Waals surface area contributed by atoms with Crippen LogP contribution in [0.15, 0.2) is 12.1 Å². The molecule has 0 radical (unpaired) electrons. The lowest BCUT2D eigenvalue weighted by molar-refractivity contribution is -0.141. The van der Waals surface area contributed by atoms with Gasteiger partial charge in [0.2, 0.25) is 0 Å². The molecule has 2 amide bonds. The largest absolute Gasteiger partial charge is 0.480 e. The van der Waals surface area contributed by atoms with Gasteiger partial charge in [0.05, 0.1) is 5.69 Å². The standard InChI is InChI=1S/C13H14F2N2O3S/c1-7-4-9(15)10(5-8(7)14)16-13(20)17-2-3-21-6-11(17)12(18)19/h4-5,11H,2-3,6H2,1H3,(H,16,20)(H,18,19). The molecule has 1 aromatic carbocycles. The van der Waals surface area contributed by atoms with E-state index in [1.54, 1.807) is 0 Å².